The molecular formula is C19H28O. The second-order valence-corrected chi connectivity index (χ2v) is 7.51. The molecule has 0 spiro atoms. The third-order valence-electron chi connectivity index (χ3n) is 5.86. The van der Waals surface area contributed by atoms with Crippen LogP contribution >= 0.6 is 0 Å². The molecule has 0 fully saturated rings. The van der Waals surface area contributed by atoms with Crippen molar-refractivity contribution < 1.29 is 4.79 Å². The number of rotatable bonds is 2. The Morgan fingerprint density at radius 3 is 2.35 bits per heavy atom. The first-order valence-corrected chi connectivity index (χ1v) is 7.80. The maximum atomic E-state index is 11.9. The van der Waals surface area contributed by atoms with Crippen LogP contribution in [0.4, 0.5) is 0 Å². The fraction of sp³-hybridized carbons (Fsp3) is 0.632. The summed E-state index contributed by atoms with van der Waals surface area (Å²) in [5, 5.41) is 0. The molecule has 0 amide bonds. The average Bonchev–Trinajstić information content (AvgIpc) is 2.36. The molecule has 1 aromatic rings. The maximum Gasteiger partial charge on any atom is 0.160 e. The number of hydrogen-bond donors (Lipinski definition) is 0. The van der Waals surface area contributed by atoms with Crippen LogP contribution in [0.15, 0.2) is 12.1 Å². The fourth-order valence-electron chi connectivity index (χ4n) is 3.76. The van der Waals surface area contributed by atoms with Crippen molar-refractivity contribution >= 4 is 5.78 Å². The normalized spacial score (nSPS) is 28.1. The summed E-state index contributed by atoms with van der Waals surface area (Å²) in [4.78, 5) is 11.9. The Balaban J connectivity index is 2.77. The Kier molecular flexibility index (Phi) is 3.60. The Bertz CT molecular complexity index is 553. The van der Waals surface area contributed by atoms with Crippen molar-refractivity contribution in [1.29, 1.82) is 0 Å². The number of carbonyl (C=O) groups is 1. The van der Waals surface area contributed by atoms with E-state index in [0.717, 1.165) is 17.5 Å². The molecule has 0 N–H and O–H groups in total. The van der Waals surface area contributed by atoms with E-state index < -0.39 is 0 Å². The third-order valence-corrected chi connectivity index (χ3v) is 5.86. The van der Waals surface area contributed by atoms with Crippen molar-refractivity contribution in [2.24, 2.45) is 5.92 Å². The summed E-state index contributed by atoms with van der Waals surface area (Å²) in [6.45, 7) is 15.4. The van der Waals surface area contributed by atoms with Gasteiger partial charge in [-0.2, -0.15) is 0 Å². The highest BCUT2D eigenvalue weighted by Crippen LogP contribution is 2.51. The van der Waals surface area contributed by atoms with Gasteiger partial charge in [0.05, 0.1) is 0 Å². The highest BCUT2D eigenvalue weighted by Gasteiger charge is 2.43. The SMILES string of the molecule is CCC1(C)CC(C)C(C)(C)c2cc(C)c(C(C)=O)cc21. The molecule has 0 heterocycles. The van der Waals surface area contributed by atoms with Gasteiger partial charge in [-0.15, -0.1) is 0 Å². The van der Waals surface area contributed by atoms with Crippen molar-refractivity contribution in [3.63, 3.8) is 0 Å². The largest absolute Gasteiger partial charge is 0.295 e. The molecule has 0 saturated carbocycles. The van der Waals surface area contributed by atoms with E-state index in [1.807, 2.05) is 0 Å². The van der Waals surface area contributed by atoms with Crippen LogP contribution in [0.3, 0.4) is 0 Å². The number of hydrogen-bond acceptors (Lipinski definition) is 1. The summed E-state index contributed by atoms with van der Waals surface area (Å²) in [5.74, 6) is 0.836. The lowest BCUT2D eigenvalue weighted by molar-refractivity contribution is 0.101. The minimum absolute atomic E-state index is 0.181. The Morgan fingerprint density at radius 2 is 1.85 bits per heavy atom. The summed E-state index contributed by atoms with van der Waals surface area (Å²) in [6, 6.07) is 4.46. The third kappa shape index (κ3) is 2.12. The van der Waals surface area contributed by atoms with E-state index >= 15 is 0 Å². The predicted octanol–water partition coefficient (Wildman–Crippen LogP) is 5.18. The summed E-state index contributed by atoms with van der Waals surface area (Å²) in [7, 11) is 0. The van der Waals surface area contributed by atoms with E-state index in [2.05, 4.69) is 53.7 Å². The smallest absolute Gasteiger partial charge is 0.160 e. The first-order valence-electron chi connectivity index (χ1n) is 7.80. The molecule has 110 valence electrons. The highest BCUT2D eigenvalue weighted by atomic mass is 16.1. The van der Waals surface area contributed by atoms with Gasteiger partial charge in [0.1, 0.15) is 0 Å². The van der Waals surface area contributed by atoms with Gasteiger partial charge in [-0.05, 0) is 66.2 Å². The molecule has 20 heavy (non-hydrogen) atoms. The van der Waals surface area contributed by atoms with Crippen molar-refractivity contribution in [1.82, 2.24) is 0 Å². The van der Waals surface area contributed by atoms with Crippen molar-refractivity contribution in [3.05, 3.63) is 34.4 Å². The molecule has 1 aromatic carbocycles. The van der Waals surface area contributed by atoms with Crippen LogP contribution in [0.1, 0.15) is 81.4 Å². The molecular weight excluding hydrogens is 244 g/mol. The van der Waals surface area contributed by atoms with Gasteiger partial charge in [0, 0.05) is 5.56 Å². The molecule has 1 aliphatic rings. The molecule has 0 saturated heterocycles. The van der Waals surface area contributed by atoms with E-state index in [9.17, 15) is 4.79 Å². The molecule has 0 bridgehead atoms. The average molecular weight is 272 g/mol. The molecule has 2 unspecified atom stereocenters. The van der Waals surface area contributed by atoms with Crippen LogP contribution in [0, 0.1) is 12.8 Å². The summed E-state index contributed by atoms with van der Waals surface area (Å²) in [5.41, 5.74) is 5.25. The molecule has 0 aliphatic heterocycles. The molecule has 2 rings (SSSR count). The molecule has 1 aliphatic carbocycles. The second kappa shape index (κ2) is 4.72. The lowest BCUT2D eigenvalue weighted by Gasteiger charge is -2.48. The summed E-state index contributed by atoms with van der Waals surface area (Å²) < 4.78 is 0. The van der Waals surface area contributed by atoms with E-state index in [1.54, 1.807) is 6.92 Å². The van der Waals surface area contributed by atoms with Crippen LogP contribution in [0.2, 0.25) is 0 Å². The van der Waals surface area contributed by atoms with Gasteiger partial charge in [-0.25, -0.2) is 0 Å². The van der Waals surface area contributed by atoms with Crippen molar-refractivity contribution in [3.8, 4) is 0 Å². The first-order chi connectivity index (χ1) is 9.13. The van der Waals surface area contributed by atoms with E-state index in [-0.39, 0.29) is 16.6 Å². The van der Waals surface area contributed by atoms with Crippen LogP contribution in [-0.2, 0) is 10.8 Å². The second-order valence-electron chi connectivity index (χ2n) is 7.51. The van der Waals surface area contributed by atoms with E-state index in [1.165, 1.54) is 17.5 Å². The van der Waals surface area contributed by atoms with Gasteiger partial charge >= 0.3 is 0 Å². The zero-order valence-corrected chi connectivity index (χ0v) is 14.1. The number of aryl methyl sites for hydroxylation is 1. The van der Waals surface area contributed by atoms with Gasteiger partial charge in [-0.3, -0.25) is 4.79 Å². The zero-order chi connectivity index (χ0) is 15.3. The quantitative estimate of drug-likeness (QED) is 0.678. The lowest BCUT2D eigenvalue weighted by Crippen LogP contribution is -2.41. The van der Waals surface area contributed by atoms with Crippen LogP contribution < -0.4 is 0 Å². The number of fused-ring (bicyclic) bond motifs is 1. The van der Waals surface area contributed by atoms with Crippen LogP contribution in [0.25, 0.3) is 0 Å². The minimum atomic E-state index is 0.181. The Hall–Kier alpha value is -1.11. The predicted molar refractivity (Wildman–Crippen MR) is 85.6 cm³/mol. The van der Waals surface area contributed by atoms with Gasteiger partial charge in [0.15, 0.2) is 5.78 Å². The number of Topliss-reactive ketones (excluding diaryl/α,β-unsaturated/α-hetero) is 1. The Morgan fingerprint density at radius 1 is 1.25 bits per heavy atom. The number of ketones is 1. The fourth-order valence-corrected chi connectivity index (χ4v) is 3.76. The topological polar surface area (TPSA) is 17.1 Å². The summed E-state index contributed by atoms with van der Waals surface area (Å²) in [6.07, 6.45) is 2.32. The highest BCUT2D eigenvalue weighted by molar-refractivity contribution is 5.96. The lowest BCUT2D eigenvalue weighted by atomic mass is 9.56. The van der Waals surface area contributed by atoms with Crippen molar-refractivity contribution in [2.45, 2.75) is 72.1 Å². The molecule has 2 atom stereocenters. The minimum Gasteiger partial charge on any atom is -0.295 e. The van der Waals surface area contributed by atoms with E-state index in [4.69, 9.17) is 0 Å². The monoisotopic (exact) mass is 272 g/mol. The molecule has 0 aromatic heterocycles. The summed E-state index contributed by atoms with van der Waals surface area (Å²) >= 11 is 0. The van der Waals surface area contributed by atoms with Gasteiger partial charge in [0.25, 0.3) is 0 Å². The van der Waals surface area contributed by atoms with E-state index in [0.29, 0.717) is 5.92 Å². The standard InChI is InChI=1S/C19H28O/c1-8-19(7)11-13(3)18(5,6)16-9-12(2)15(14(4)20)10-17(16)19/h9-10,13H,8,11H2,1-7H3. The number of carbonyl (C=O) groups excluding carboxylic acids is 1. The van der Waals surface area contributed by atoms with Crippen LogP contribution in [0.5, 0.6) is 0 Å². The molecule has 1 heteroatoms. The van der Waals surface area contributed by atoms with Gasteiger partial charge in [0.2, 0.25) is 0 Å². The zero-order valence-electron chi connectivity index (χ0n) is 14.1. The van der Waals surface area contributed by atoms with Crippen molar-refractivity contribution in [2.75, 3.05) is 0 Å². The maximum absolute atomic E-state index is 11.9. The molecule has 0 radical (unpaired) electrons. The van der Waals surface area contributed by atoms with Gasteiger partial charge in [-0.1, -0.05) is 40.7 Å². The Labute approximate surface area is 123 Å². The van der Waals surface area contributed by atoms with Gasteiger partial charge < -0.3 is 0 Å². The van der Waals surface area contributed by atoms with Crippen LogP contribution in [-0.4, -0.2) is 5.78 Å². The molecule has 1 nitrogen and oxygen atoms in total. The number of benzene rings is 1. The first kappa shape index (κ1) is 15.3.